The maximum absolute atomic E-state index is 12.7. The van der Waals surface area contributed by atoms with Crippen molar-refractivity contribution in [3.8, 4) is 0 Å². The molecular weight excluding hydrogens is 381 g/mol. The van der Waals surface area contributed by atoms with Crippen LogP contribution in [0.3, 0.4) is 0 Å². The number of nitrogens with zero attached hydrogens (tertiary/aromatic N) is 1. The summed E-state index contributed by atoms with van der Waals surface area (Å²) >= 11 is 0. The normalized spacial score (nSPS) is 10.9. The summed E-state index contributed by atoms with van der Waals surface area (Å²) in [4.78, 5) is 39.5. The molecule has 2 rings (SSSR count). The highest BCUT2D eigenvalue weighted by molar-refractivity contribution is 6.09. The number of carbonyl (C=O) groups is 3. The Morgan fingerprint density at radius 1 is 0.964 bits per heavy atom. The summed E-state index contributed by atoms with van der Waals surface area (Å²) < 4.78 is 47.4. The molecule has 10 heteroatoms. The molecule has 1 aromatic carbocycles. The first-order valence-corrected chi connectivity index (χ1v) is 7.75. The number of alkyl halides is 3. The van der Waals surface area contributed by atoms with E-state index in [0.717, 1.165) is 20.3 Å². The van der Waals surface area contributed by atoms with Crippen LogP contribution in [0.1, 0.15) is 42.5 Å². The fourth-order valence-electron chi connectivity index (χ4n) is 2.33. The van der Waals surface area contributed by atoms with Gasteiger partial charge >= 0.3 is 18.1 Å². The zero-order valence-electron chi connectivity index (χ0n) is 15.0. The van der Waals surface area contributed by atoms with Crippen molar-refractivity contribution in [2.45, 2.75) is 13.1 Å². The van der Waals surface area contributed by atoms with E-state index < -0.39 is 29.7 Å². The summed E-state index contributed by atoms with van der Waals surface area (Å²) in [7, 11) is 2.29. The number of halogens is 3. The molecule has 0 radical (unpaired) electrons. The number of carbonyl (C=O) groups excluding carboxylic acids is 3. The Balaban J connectivity index is 2.42. The zero-order chi connectivity index (χ0) is 21.1. The number of aromatic nitrogens is 1. The molecule has 1 amide bonds. The Kier molecular flexibility index (Phi) is 6.02. The number of anilines is 1. The standard InChI is InChI=1S/C18H15F3N2O5/c1-9-11(6-7-14(22-9)18(19,20)21)15(24)23-13-8-10(16(25)27-2)4-5-12(13)17(26)28-3/h4-8H,1-3H3,(H,23,24). The van der Waals surface area contributed by atoms with Crippen molar-refractivity contribution in [3.63, 3.8) is 0 Å². The van der Waals surface area contributed by atoms with E-state index in [1.807, 2.05) is 0 Å². The number of amides is 1. The van der Waals surface area contributed by atoms with Crippen molar-refractivity contribution in [1.82, 2.24) is 4.98 Å². The topological polar surface area (TPSA) is 94.6 Å². The van der Waals surface area contributed by atoms with Crippen molar-refractivity contribution >= 4 is 23.5 Å². The number of esters is 2. The second-order valence-electron chi connectivity index (χ2n) is 5.52. The van der Waals surface area contributed by atoms with Crippen LogP contribution in [-0.2, 0) is 15.7 Å². The molecule has 0 saturated heterocycles. The molecule has 0 bridgehead atoms. The summed E-state index contributed by atoms with van der Waals surface area (Å²) in [5.41, 5.74) is -1.50. The van der Waals surface area contributed by atoms with Gasteiger partial charge in [0.2, 0.25) is 0 Å². The molecule has 0 aliphatic rings. The number of benzene rings is 1. The number of nitrogens with one attached hydrogen (secondary N) is 1. The lowest BCUT2D eigenvalue weighted by molar-refractivity contribution is -0.141. The molecule has 1 aromatic heterocycles. The van der Waals surface area contributed by atoms with Gasteiger partial charge in [0.05, 0.1) is 42.3 Å². The molecule has 0 atom stereocenters. The molecule has 0 aliphatic carbocycles. The molecule has 0 aliphatic heterocycles. The molecule has 1 N–H and O–H groups in total. The van der Waals surface area contributed by atoms with E-state index in [4.69, 9.17) is 0 Å². The predicted molar refractivity (Wildman–Crippen MR) is 91.1 cm³/mol. The number of hydrogen-bond acceptors (Lipinski definition) is 6. The maximum Gasteiger partial charge on any atom is 0.433 e. The maximum atomic E-state index is 12.7. The average Bonchev–Trinajstić information content (AvgIpc) is 2.65. The van der Waals surface area contributed by atoms with Gasteiger partial charge in [0.15, 0.2) is 0 Å². The fourth-order valence-corrected chi connectivity index (χ4v) is 2.33. The van der Waals surface area contributed by atoms with E-state index in [0.29, 0.717) is 6.07 Å². The molecule has 0 saturated carbocycles. The Labute approximate surface area is 157 Å². The molecule has 148 valence electrons. The van der Waals surface area contributed by atoms with Crippen LogP contribution >= 0.6 is 0 Å². The number of hydrogen-bond donors (Lipinski definition) is 1. The minimum atomic E-state index is -4.65. The van der Waals surface area contributed by atoms with Gasteiger partial charge in [-0.05, 0) is 37.3 Å². The van der Waals surface area contributed by atoms with Crippen LogP contribution < -0.4 is 5.32 Å². The Morgan fingerprint density at radius 2 is 1.57 bits per heavy atom. The van der Waals surface area contributed by atoms with Gasteiger partial charge in [0.25, 0.3) is 5.91 Å². The smallest absolute Gasteiger partial charge is 0.433 e. The molecule has 7 nitrogen and oxygen atoms in total. The third-order valence-corrected chi connectivity index (χ3v) is 3.72. The van der Waals surface area contributed by atoms with E-state index in [2.05, 4.69) is 19.8 Å². The van der Waals surface area contributed by atoms with Crippen molar-refractivity contribution in [3.05, 3.63) is 58.4 Å². The van der Waals surface area contributed by atoms with Gasteiger partial charge in [-0.2, -0.15) is 13.2 Å². The first kappa shape index (κ1) is 20.9. The minimum absolute atomic E-state index is 0.0488. The number of ether oxygens (including phenoxy) is 2. The van der Waals surface area contributed by atoms with E-state index in [-0.39, 0.29) is 28.1 Å². The monoisotopic (exact) mass is 396 g/mol. The van der Waals surface area contributed by atoms with Crippen molar-refractivity contribution in [2.24, 2.45) is 0 Å². The average molecular weight is 396 g/mol. The van der Waals surface area contributed by atoms with E-state index in [9.17, 15) is 27.6 Å². The number of aryl methyl sites for hydroxylation is 1. The number of pyridine rings is 1. The number of rotatable bonds is 4. The van der Waals surface area contributed by atoms with Gasteiger partial charge in [-0.25, -0.2) is 14.6 Å². The van der Waals surface area contributed by atoms with Crippen LogP contribution in [0.5, 0.6) is 0 Å². The van der Waals surface area contributed by atoms with Crippen molar-refractivity contribution in [1.29, 1.82) is 0 Å². The van der Waals surface area contributed by atoms with E-state index in [1.54, 1.807) is 0 Å². The van der Waals surface area contributed by atoms with Gasteiger partial charge in [0.1, 0.15) is 5.69 Å². The van der Waals surface area contributed by atoms with Gasteiger partial charge in [-0.15, -0.1) is 0 Å². The first-order valence-electron chi connectivity index (χ1n) is 7.75. The Hall–Kier alpha value is -3.43. The van der Waals surface area contributed by atoms with Gasteiger partial charge in [0, 0.05) is 0 Å². The van der Waals surface area contributed by atoms with Crippen LogP contribution in [0.15, 0.2) is 30.3 Å². The highest BCUT2D eigenvalue weighted by atomic mass is 19.4. The summed E-state index contributed by atoms with van der Waals surface area (Å²) in [6.07, 6.45) is -4.65. The van der Waals surface area contributed by atoms with Crippen LogP contribution in [0, 0.1) is 6.92 Å². The second kappa shape index (κ2) is 8.07. The molecule has 1 heterocycles. The predicted octanol–water partition coefficient (Wildman–Crippen LogP) is 3.23. The zero-order valence-corrected chi connectivity index (χ0v) is 15.0. The lowest BCUT2D eigenvalue weighted by Crippen LogP contribution is -2.19. The summed E-state index contributed by atoms with van der Waals surface area (Å²) in [5.74, 6) is -2.31. The molecule has 0 fully saturated rings. The van der Waals surface area contributed by atoms with Crippen molar-refractivity contribution in [2.75, 3.05) is 19.5 Å². The summed E-state index contributed by atoms with van der Waals surface area (Å²) in [5, 5.41) is 2.39. The molecule has 0 spiro atoms. The van der Waals surface area contributed by atoms with Crippen LogP contribution in [0.2, 0.25) is 0 Å². The van der Waals surface area contributed by atoms with Gasteiger partial charge < -0.3 is 14.8 Å². The van der Waals surface area contributed by atoms with Crippen LogP contribution in [0.25, 0.3) is 0 Å². The molecule has 0 unspecified atom stereocenters. The van der Waals surface area contributed by atoms with E-state index in [1.165, 1.54) is 25.1 Å². The van der Waals surface area contributed by atoms with Gasteiger partial charge in [-0.1, -0.05) is 0 Å². The molecule has 28 heavy (non-hydrogen) atoms. The third-order valence-electron chi connectivity index (χ3n) is 3.72. The quantitative estimate of drug-likeness (QED) is 0.798. The molecular formula is C18H15F3N2O5. The highest BCUT2D eigenvalue weighted by Crippen LogP contribution is 2.28. The van der Waals surface area contributed by atoms with Crippen LogP contribution in [0.4, 0.5) is 18.9 Å². The minimum Gasteiger partial charge on any atom is -0.465 e. The lowest BCUT2D eigenvalue weighted by atomic mass is 10.1. The first-order chi connectivity index (χ1) is 13.1. The van der Waals surface area contributed by atoms with Crippen LogP contribution in [-0.4, -0.2) is 37.0 Å². The van der Waals surface area contributed by atoms with Gasteiger partial charge in [-0.3, -0.25) is 4.79 Å². The third kappa shape index (κ3) is 4.45. The summed E-state index contributed by atoms with van der Waals surface area (Å²) in [6.45, 7) is 1.25. The molecule has 2 aromatic rings. The summed E-state index contributed by atoms with van der Waals surface area (Å²) in [6, 6.07) is 5.41. The SMILES string of the molecule is COC(=O)c1ccc(C(=O)OC)c(NC(=O)c2ccc(C(F)(F)F)nc2C)c1. The largest absolute Gasteiger partial charge is 0.465 e. The van der Waals surface area contributed by atoms with Crippen molar-refractivity contribution < 1.29 is 37.0 Å². The van der Waals surface area contributed by atoms with E-state index >= 15 is 0 Å². The fraction of sp³-hybridized carbons (Fsp3) is 0.222. The number of methoxy groups -OCH3 is 2. The Bertz CT molecular complexity index is 941. The highest BCUT2D eigenvalue weighted by Gasteiger charge is 2.33. The lowest BCUT2D eigenvalue weighted by Gasteiger charge is -2.13. The second-order valence-corrected chi connectivity index (χ2v) is 5.52. The Morgan fingerprint density at radius 3 is 2.11 bits per heavy atom.